The quantitative estimate of drug-likeness (QED) is 0.480. The smallest absolute Gasteiger partial charge is 0.258 e. The van der Waals surface area contributed by atoms with Crippen LogP contribution in [0.5, 0.6) is 0 Å². The van der Waals surface area contributed by atoms with E-state index in [0.717, 1.165) is 25.0 Å². The minimum Gasteiger partial charge on any atom is -0.258 e. The number of hydrogen-bond acceptors (Lipinski definition) is 5. The summed E-state index contributed by atoms with van der Waals surface area (Å²) >= 11 is 9.04. The van der Waals surface area contributed by atoms with Crippen LogP contribution in [0.2, 0.25) is 5.02 Å². The topological polar surface area (TPSA) is 56.0 Å². The first-order valence-corrected chi connectivity index (χ1v) is 8.03. The van der Waals surface area contributed by atoms with Crippen molar-refractivity contribution in [3.05, 3.63) is 57.1 Å². The average Bonchev–Trinajstić information content (AvgIpc) is 2.82. The zero-order chi connectivity index (χ0) is 15.0. The van der Waals surface area contributed by atoms with Crippen molar-refractivity contribution in [1.82, 2.24) is 4.98 Å². The Balaban J connectivity index is 1.93. The number of nitrogens with zero attached hydrogens (tertiary/aromatic N) is 2. The summed E-state index contributed by atoms with van der Waals surface area (Å²) in [5.41, 5.74) is 1.84. The molecule has 1 heterocycles. The van der Waals surface area contributed by atoms with Gasteiger partial charge in [-0.15, -0.1) is 11.3 Å². The van der Waals surface area contributed by atoms with Gasteiger partial charge in [-0.1, -0.05) is 23.4 Å². The van der Waals surface area contributed by atoms with E-state index in [9.17, 15) is 10.1 Å². The third kappa shape index (κ3) is 3.02. The first-order chi connectivity index (χ1) is 10.0. The van der Waals surface area contributed by atoms with E-state index < -0.39 is 0 Å². The minimum atomic E-state index is -0.388. The molecule has 106 valence electrons. The largest absolute Gasteiger partial charge is 0.269 e. The number of nitro benzene ring substituents is 1. The minimum absolute atomic E-state index is 0.105. The number of rotatable bonds is 3. The van der Waals surface area contributed by atoms with Gasteiger partial charge in [-0.25, -0.2) is 4.98 Å². The molecule has 3 rings (SSSR count). The highest BCUT2D eigenvalue weighted by molar-refractivity contribution is 8.01. The fraction of sp³-hybridized carbons (Fsp3) is 0.0714. The number of nitro groups is 1. The Kier molecular flexibility index (Phi) is 3.84. The highest BCUT2D eigenvalue weighted by atomic mass is 35.5. The molecule has 0 N–H and O–H groups in total. The molecule has 0 aliphatic rings. The van der Waals surface area contributed by atoms with Crippen molar-refractivity contribution < 1.29 is 4.92 Å². The molecule has 2 aromatic carbocycles. The first kappa shape index (κ1) is 14.3. The molecule has 0 unspecified atom stereocenters. The maximum absolute atomic E-state index is 10.7. The molecule has 21 heavy (non-hydrogen) atoms. The highest BCUT2D eigenvalue weighted by Gasteiger charge is 2.11. The second kappa shape index (κ2) is 5.63. The molecule has 0 spiro atoms. The van der Waals surface area contributed by atoms with Crippen LogP contribution in [-0.2, 0) is 0 Å². The van der Waals surface area contributed by atoms with Gasteiger partial charge in [-0.3, -0.25) is 10.1 Å². The van der Waals surface area contributed by atoms with E-state index in [1.54, 1.807) is 23.5 Å². The van der Waals surface area contributed by atoms with E-state index in [2.05, 4.69) is 4.98 Å². The second-order valence-electron chi connectivity index (χ2n) is 4.40. The van der Waals surface area contributed by atoms with Gasteiger partial charge in [-0.2, -0.15) is 0 Å². The Morgan fingerprint density at radius 2 is 2.10 bits per heavy atom. The molecule has 0 saturated heterocycles. The summed E-state index contributed by atoms with van der Waals surface area (Å²) < 4.78 is 1.96. The fourth-order valence-corrected chi connectivity index (χ4v) is 4.12. The maximum Gasteiger partial charge on any atom is 0.269 e. The van der Waals surface area contributed by atoms with Crippen LogP contribution in [0.15, 0.2) is 45.6 Å². The summed E-state index contributed by atoms with van der Waals surface area (Å²) in [6.07, 6.45) is 0. The lowest BCUT2D eigenvalue weighted by atomic mass is 10.2. The molecule has 0 bridgehead atoms. The van der Waals surface area contributed by atoms with Crippen LogP contribution in [0.25, 0.3) is 10.2 Å². The Hall–Kier alpha value is -1.63. The van der Waals surface area contributed by atoms with Gasteiger partial charge in [0, 0.05) is 22.1 Å². The summed E-state index contributed by atoms with van der Waals surface area (Å²) in [7, 11) is 0. The zero-order valence-corrected chi connectivity index (χ0v) is 13.3. The van der Waals surface area contributed by atoms with Crippen LogP contribution in [-0.4, -0.2) is 9.91 Å². The highest BCUT2D eigenvalue weighted by Crippen LogP contribution is 2.37. The molecule has 0 aliphatic heterocycles. The predicted molar refractivity (Wildman–Crippen MR) is 86.6 cm³/mol. The van der Waals surface area contributed by atoms with Gasteiger partial charge in [0.05, 0.1) is 15.1 Å². The lowest BCUT2D eigenvalue weighted by Crippen LogP contribution is -1.89. The van der Waals surface area contributed by atoms with E-state index in [1.165, 1.54) is 17.8 Å². The summed E-state index contributed by atoms with van der Waals surface area (Å²) in [6, 6.07) is 10.5. The summed E-state index contributed by atoms with van der Waals surface area (Å²) in [5.74, 6) is 0. The monoisotopic (exact) mass is 336 g/mol. The molecule has 4 nitrogen and oxygen atoms in total. The van der Waals surface area contributed by atoms with E-state index in [0.29, 0.717) is 5.02 Å². The SMILES string of the molecule is Cc1cc([N+](=O)[O-])ccc1Sc1nc2cc(Cl)ccc2s1. The molecular weight excluding hydrogens is 328 g/mol. The van der Waals surface area contributed by atoms with Crippen molar-refractivity contribution in [2.24, 2.45) is 0 Å². The standard InChI is InChI=1S/C14H9ClN2O2S2/c1-8-6-10(17(18)19)3-5-12(8)20-14-16-11-7-9(15)2-4-13(11)21-14/h2-7H,1H3. The number of aryl methyl sites for hydroxylation is 1. The Morgan fingerprint density at radius 1 is 1.29 bits per heavy atom. The van der Waals surface area contributed by atoms with Crippen LogP contribution < -0.4 is 0 Å². The van der Waals surface area contributed by atoms with Crippen LogP contribution in [0.3, 0.4) is 0 Å². The van der Waals surface area contributed by atoms with Gasteiger partial charge < -0.3 is 0 Å². The molecule has 0 saturated carbocycles. The van der Waals surface area contributed by atoms with Crippen molar-refractivity contribution in [1.29, 1.82) is 0 Å². The lowest BCUT2D eigenvalue weighted by molar-refractivity contribution is -0.385. The van der Waals surface area contributed by atoms with Crippen LogP contribution in [0, 0.1) is 17.0 Å². The van der Waals surface area contributed by atoms with Gasteiger partial charge >= 0.3 is 0 Å². The Bertz CT molecular complexity index is 848. The number of hydrogen-bond donors (Lipinski definition) is 0. The molecular formula is C14H9ClN2O2S2. The van der Waals surface area contributed by atoms with Crippen LogP contribution >= 0.6 is 34.7 Å². The van der Waals surface area contributed by atoms with Gasteiger partial charge in [0.25, 0.3) is 5.69 Å². The molecule has 0 atom stereocenters. The second-order valence-corrected chi connectivity index (χ2v) is 7.16. The molecule has 0 fully saturated rings. The van der Waals surface area contributed by atoms with E-state index in [-0.39, 0.29) is 10.6 Å². The third-order valence-electron chi connectivity index (χ3n) is 2.90. The van der Waals surface area contributed by atoms with Crippen LogP contribution in [0.1, 0.15) is 5.56 Å². The molecule has 0 radical (unpaired) electrons. The van der Waals surface area contributed by atoms with E-state index in [4.69, 9.17) is 11.6 Å². The van der Waals surface area contributed by atoms with E-state index in [1.807, 2.05) is 25.1 Å². The number of aromatic nitrogens is 1. The zero-order valence-electron chi connectivity index (χ0n) is 10.9. The third-order valence-corrected chi connectivity index (χ3v) is 5.41. The molecule has 7 heteroatoms. The van der Waals surface area contributed by atoms with Gasteiger partial charge in [-0.05, 0) is 36.8 Å². The number of thiazole rings is 1. The van der Waals surface area contributed by atoms with Crippen molar-refractivity contribution in [3.8, 4) is 0 Å². The molecule has 0 amide bonds. The van der Waals surface area contributed by atoms with Crippen molar-refractivity contribution in [2.45, 2.75) is 16.2 Å². The summed E-state index contributed by atoms with van der Waals surface area (Å²) in [5, 5.41) is 11.4. The Labute approximate surface area is 133 Å². The molecule has 1 aromatic heterocycles. The van der Waals surface area contributed by atoms with Crippen molar-refractivity contribution >= 4 is 50.6 Å². The van der Waals surface area contributed by atoms with Crippen molar-refractivity contribution in [3.63, 3.8) is 0 Å². The number of benzene rings is 2. The van der Waals surface area contributed by atoms with Gasteiger partial charge in [0.1, 0.15) is 0 Å². The lowest BCUT2D eigenvalue weighted by Gasteiger charge is -2.02. The van der Waals surface area contributed by atoms with Gasteiger partial charge in [0.2, 0.25) is 0 Å². The van der Waals surface area contributed by atoms with E-state index >= 15 is 0 Å². The molecule has 3 aromatic rings. The fourth-order valence-electron chi connectivity index (χ4n) is 1.88. The van der Waals surface area contributed by atoms with Gasteiger partial charge in [0.15, 0.2) is 4.34 Å². The maximum atomic E-state index is 10.7. The predicted octanol–water partition coefficient (Wildman–Crippen LogP) is 5.32. The van der Waals surface area contributed by atoms with Crippen LogP contribution in [0.4, 0.5) is 5.69 Å². The van der Waals surface area contributed by atoms with Crippen molar-refractivity contribution in [2.75, 3.05) is 0 Å². The average molecular weight is 337 g/mol. The number of halogens is 1. The summed E-state index contributed by atoms with van der Waals surface area (Å²) in [4.78, 5) is 15.9. The number of non-ortho nitro benzene ring substituents is 1. The normalized spacial score (nSPS) is 11.0. The molecule has 0 aliphatic carbocycles. The summed E-state index contributed by atoms with van der Waals surface area (Å²) in [6.45, 7) is 1.86. The number of fused-ring (bicyclic) bond motifs is 1. The Morgan fingerprint density at radius 3 is 2.81 bits per heavy atom. The first-order valence-electron chi connectivity index (χ1n) is 6.02.